The molecule has 1 amide bonds. The Morgan fingerprint density at radius 1 is 1.16 bits per heavy atom. The molecule has 0 aliphatic heterocycles. The van der Waals surface area contributed by atoms with Crippen molar-refractivity contribution >= 4 is 61.4 Å². The summed E-state index contributed by atoms with van der Waals surface area (Å²) < 4.78 is 29.3. The topological polar surface area (TPSA) is 101 Å². The molecule has 31 heavy (non-hydrogen) atoms. The molecule has 0 unspecified atom stereocenters. The molecular formula is C20H21ClN4O3S3. The van der Waals surface area contributed by atoms with Gasteiger partial charge in [0.05, 0.1) is 10.7 Å². The molecule has 1 aromatic heterocycles. The van der Waals surface area contributed by atoms with E-state index in [1.807, 2.05) is 19.1 Å². The third kappa shape index (κ3) is 5.97. The lowest BCUT2D eigenvalue weighted by molar-refractivity contribution is 0.102. The SMILES string of the molecule is CCCSc1nnc(NC(=O)c2ccc(Cl)c(S(=O)(=O)Nc3cc(C)ccc3C)c2)s1. The van der Waals surface area contributed by atoms with Gasteiger partial charge in [0.2, 0.25) is 5.13 Å². The summed E-state index contributed by atoms with van der Waals surface area (Å²) in [7, 11) is -4.01. The molecular weight excluding hydrogens is 476 g/mol. The average molecular weight is 497 g/mol. The minimum absolute atomic E-state index is 0.0172. The predicted molar refractivity (Wildman–Crippen MR) is 127 cm³/mol. The minimum atomic E-state index is -4.01. The maximum absolute atomic E-state index is 13.0. The van der Waals surface area contributed by atoms with Gasteiger partial charge in [-0.15, -0.1) is 10.2 Å². The van der Waals surface area contributed by atoms with Gasteiger partial charge in [-0.2, -0.15) is 0 Å². The molecule has 3 rings (SSSR count). The van der Waals surface area contributed by atoms with E-state index in [0.717, 1.165) is 27.6 Å². The zero-order valence-corrected chi connectivity index (χ0v) is 20.3. The number of hydrogen-bond donors (Lipinski definition) is 2. The van der Waals surface area contributed by atoms with Crippen molar-refractivity contribution in [3.63, 3.8) is 0 Å². The molecule has 164 valence electrons. The summed E-state index contributed by atoms with van der Waals surface area (Å²) in [6.45, 7) is 5.74. The summed E-state index contributed by atoms with van der Waals surface area (Å²) in [4.78, 5) is 12.5. The second-order valence-corrected chi connectivity index (χ2v) is 11.1. The van der Waals surface area contributed by atoms with Gasteiger partial charge < -0.3 is 0 Å². The Hall–Kier alpha value is -2.14. The lowest BCUT2D eigenvalue weighted by atomic mass is 10.1. The van der Waals surface area contributed by atoms with Crippen LogP contribution in [0.3, 0.4) is 0 Å². The van der Waals surface area contributed by atoms with Crippen molar-refractivity contribution < 1.29 is 13.2 Å². The normalized spacial score (nSPS) is 11.4. The molecule has 0 fully saturated rings. The molecule has 2 aromatic carbocycles. The van der Waals surface area contributed by atoms with E-state index in [-0.39, 0.29) is 15.5 Å². The van der Waals surface area contributed by atoms with Crippen LogP contribution in [0.4, 0.5) is 10.8 Å². The van der Waals surface area contributed by atoms with Gasteiger partial charge in [-0.25, -0.2) is 8.42 Å². The maximum atomic E-state index is 13.0. The number of aryl methyl sites for hydroxylation is 2. The van der Waals surface area contributed by atoms with Crippen molar-refractivity contribution in [3.05, 3.63) is 58.1 Å². The molecule has 7 nitrogen and oxygen atoms in total. The number of sulfonamides is 1. The van der Waals surface area contributed by atoms with E-state index in [0.29, 0.717) is 10.8 Å². The zero-order valence-electron chi connectivity index (χ0n) is 17.1. The molecule has 1 heterocycles. The number of carbonyl (C=O) groups is 1. The number of thioether (sulfide) groups is 1. The fourth-order valence-corrected chi connectivity index (χ4v) is 5.89. The van der Waals surface area contributed by atoms with E-state index in [9.17, 15) is 13.2 Å². The predicted octanol–water partition coefficient (Wildman–Crippen LogP) is 5.36. The molecule has 2 N–H and O–H groups in total. The van der Waals surface area contributed by atoms with Crippen LogP contribution in [0.25, 0.3) is 0 Å². The van der Waals surface area contributed by atoms with Crippen LogP contribution in [-0.4, -0.2) is 30.3 Å². The largest absolute Gasteiger partial charge is 0.296 e. The van der Waals surface area contributed by atoms with Crippen molar-refractivity contribution in [1.29, 1.82) is 0 Å². The van der Waals surface area contributed by atoms with Crippen LogP contribution >= 0.6 is 34.7 Å². The Labute approximate surface area is 194 Å². The van der Waals surface area contributed by atoms with E-state index in [1.165, 1.54) is 29.5 Å². The van der Waals surface area contributed by atoms with Crippen LogP contribution < -0.4 is 10.0 Å². The average Bonchev–Trinajstić information content (AvgIpc) is 3.16. The van der Waals surface area contributed by atoms with Crippen LogP contribution in [0.15, 0.2) is 45.6 Å². The summed E-state index contributed by atoms with van der Waals surface area (Å²) in [6, 6.07) is 9.55. The van der Waals surface area contributed by atoms with Gasteiger partial charge in [0, 0.05) is 11.3 Å². The third-order valence-electron chi connectivity index (χ3n) is 4.18. The molecule has 0 saturated carbocycles. The van der Waals surface area contributed by atoms with Crippen molar-refractivity contribution in [3.8, 4) is 0 Å². The number of aromatic nitrogens is 2. The molecule has 11 heteroatoms. The Kier molecular flexibility index (Phi) is 7.58. The van der Waals surface area contributed by atoms with Crippen LogP contribution in [-0.2, 0) is 10.0 Å². The van der Waals surface area contributed by atoms with E-state index in [2.05, 4.69) is 27.2 Å². The highest BCUT2D eigenvalue weighted by atomic mass is 35.5. The first-order valence-corrected chi connectivity index (χ1v) is 13.0. The van der Waals surface area contributed by atoms with Crippen LogP contribution in [0.5, 0.6) is 0 Å². The fraction of sp³-hybridized carbons (Fsp3) is 0.250. The second kappa shape index (κ2) is 9.99. The first-order chi connectivity index (χ1) is 14.7. The Morgan fingerprint density at radius 3 is 2.68 bits per heavy atom. The molecule has 0 spiro atoms. The highest BCUT2D eigenvalue weighted by molar-refractivity contribution is 8.01. The Balaban J connectivity index is 1.82. The minimum Gasteiger partial charge on any atom is -0.296 e. The van der Waals surface area contributed by atoms with E-state index < -0.39 is 15.9 Å². The third-order valence-corrected chi connectivity index (χ3v) is 8.20. The standard InChI is InChI=1S/C20H21ClN4O3S3/c1-4-9-29-20-24-23-19(30-20)22-18(26)14-7-8-15(21)17(11-14)31(27,28)25-16-10-12(2)5-6-13(16)3/h5-8,10-11,25H,4,9H2,1-3H3,(H,22,23,26). The lowest BCUT2D eigenvalue weighted by Gasteiger charge is -2.13. The maximum Gasteiger partial charge on any atom is 0.263 e. The van der Waals surface area contributed by atoms with Gasteiger partial charge in [-0.05, 0) is 55.7 Å². The van der Waals surface area contributed by atoms with Gasteiger partial charge in [0.25, 0.3) is 15.9 Å². The number of nitrogens with zero attached hydrogens (tertiary/aromatic N) is 2. The quantitative estimate of drug-likeness (QED) is 0.321. The molecule has 0 aliphatic carbocycles. The number of hydrogen-bond acceptors (Lipinski definition) is 7. The van der Waals surface area contributed by atoms with Crippen molar-refractivity contribution in [2.24, 2.45) is 0 Å². The number of amides is 1. The lowest BCUT2D eigenvalue weighted by Crippen LogP contribution is -2.17. The summed E-state index contributed by atoms with van der Waals surface area (Å²) in [5.41, 5.74) is 2.28. The summed E-state index contributed by atoms with van der Waals surface area (Å²) in [5.74, 6) is 0.414. The van der Waals surface area contributed by atoms with Crippen LogP contribution in [0.2, 0.25) is 5.02 Å². The van der Waals surface area contributed by atoms with Crippen LogP contribution in [0, 0.1) is 13.8 Å². The highest BCUT2D eigenvalue weighted by Gasteiger charge is 2.22. The smallest absolute Gasteiger partial charge is 0.263 e. The van der Waals surface area contributed by atoms with E-state index >= 15 is 0 Å². The van der Waals surface area contributed by atoms with Crippen LogP contribution in [0.1, 0.15) is 34.8 Å². The Morgan fingerprint density at radius 2 is 1.94 bits per heavy atom. The van der Waals surface area contributed by atoms with Crippen molar-refractivity contribution in [2.45, 2.75) is 36.4 Å². The van der Waals surface area contributed by atoms with Crippen molar-refractivity contribution in [1.82, 2.24) is 10.2 Å². The molecule has 3 aromatic rings. The fourth-order valence-electron chi connectivity index (χ4n) is 2.57. The monoisotopic (exact) mass is 496 g/mol. The number of halogens is 1. The highest BCUT2D eigenvalue weighted by Crippen LogP contribution is 2.29. The molecule has 0 atom stereocenters. The molecule has 0 aliphatic rings. The number of anilines is 2. The molecule has 0 bridgehead atoms. The molecule has 0 radical (unpaired) electrons. The molecule has 0 saturated heterocycles. The first kappa shape index (κ1) is 23.5. The number of nitrogens with one attached hydrogen (secondary N) is 2. The van der Waals surface area contributed by atoms with Gasteiger partial charge in [-0.1, -0.05) is 53.8 Å². The van der Waals surface area contributed by atoms with Gasteiger partial charge in [-0.3, -0.25) is 14.8 Å². The Bertz CT molecular complexity index is 1210. The van der Waals surface area contributed by atoms with E-state index in [4.69, 9.17) is 11.6 Å². The zero-order chi connectivity index (χ0) is 22.6. The number of carbonyl (C=O) groups excluding carboxylic acids is 1. The second-order valence-electron chi connectivity index (χ2n) is 6.74. The van der Waals surface area contributed by atoms with Gasteiger partial charge >= 0.3 is 0 Å². The van der Waals surface area contributed by atoms with E-state index in [1.54, 1.807) is 24.8 Å². The summed E-state index contributed by atoms with van der Waals surface area (Å²) in [6.07, 6.45) is 1.00. The summed E-state index contributed by atoms with van der Waals surface area (Å²) >= 11 is 8.99. The first-order valence-electron chi connectivity index (χ1n) is 9.37. The van der Waals surface area contributed by atoms with Gasteiger partial charge in [0.15, 0.2) is 4.34 Å². The number of rotatable bonds is 8. The van der Waals surface area contributed by atoms with Gasteiger partial charge in [0.1, 0.15) is 4.90 Å². The summed E-state index contributed by atoms with van der Waals surface area (Å²) in [5, 5.41) is 11.0. The van der Waals surface area contributed by atoms with Crippen molar-refractivity contribution in [2.75, 3.05) is 15.8 Å². The number of benzene rings is 2.